The maximum atomic E-state index is 13.9. The molecule has 0 aliphatic carbocycles. The average Bonchev–Trinajstić information content (AvgIpc) is 3.20. The number of nitrogens with zero attached hydrogens (tertiary/aromatic N) is 3. The van der Waals surface area contributed by atoms with Gasteiger partial charge in [-0.05, 0) is 31.2 Å². The Balaban J connectivity index is 1.53. The molecular weight excluding hydrogens is 403 g/mol. The lowest BCUT2D eigenvalue weighted by molar-refractivity contribution is 0.102. The van der Waals surface area contributed by atoms with Gasteiger partial charge in [0.1, 0.15) is 11.5 Å². The van der Waals surface area contributed by atoms with E-state index in [1.807, 2.05) is 30.5 Å². The first kappa shape index (κ1) is 19.7. The summed E-state index contributed by atoms with van der Waals surface area (Å²) >= 11 is 1.28. The van der Waals surface area contributed by atoms with Crippen molar-refractivity contribution in [2.45, 2.75) is 13.5 Å². The van der Waals surface area contributed by atoms with Crippen molar-refractivity contribution in [2.75, 3.05) is 5.32 Å². The van der Waals surface area contributed by atoms with Crippen molar-refractivity contribution >= 4 is 22.4 Å². The quantitative estimate of drug-likeness (QED) is 0.527. The maximum absolute atomic E-state index is 13.9. The molecule has 0 saturated heterocycles. The van der Waals surface area contributed by atoms with Crippen molar-refractivity contribution < 1.29 is 9.18 Å². The van der Waals surface area contributed by atoms with Crippen LogP contribution in [0.4, 0.5) is 9.52 Å². The van der Waals surface area contributed by atoms with E-state index in [-0.39, 0.29) is 17.7 Å². The molecule has 1 N–H and O–H groups in total. The van der Waals surface area contributed by atoms with Crippen LogP contribution in [0.5, 0.6) is 0 Å². The molecule has 4 aromatic rings. The largest absolute Gasteiger partial charge is 0.310 e. The van der Waals surface area contributed by atoms with Crippen LogP contribution in [-0.4, -0.2) is 20.4 Å². The van der Waals surface area contributed by atoms with Gasteiger partial charge in [-0.1, -0.05) is 24.3 Å². The van der Waals surface area contributed by atoms with Gasteiger partial charge in [0, 0.05) is 28.9 Å². The molecule has 3 aromatic heterocycles. The molecule has 6 nitrogen and oxygen atoms in total. The molecular formula is C22H17FN4O2S. The molecule has 1 amide bonds. The number of pyridine rings is 2. The van der Waals surface area contributed by atoms with Gasteiger partial charge in [0.05, 0.1) is 17.8 Å². The number of amides is 1. The van der Waals surface area contributed by atoms with Crippen molar-refractivity contribution in [2.24, 2.45) is 0 Å². The summed E-state index contributed by atoms with van der Waals surface area (Å²) in [6, 6.07) is 14.6. The Hall–Kier alpha value is -3.65. The molecule has 0 fully saturated rings. The number of aryl methyl sites for hydroxylation is 1. The lowest BCUT2D eigenvalue weighted by Crippen LogP contribution is -2.23. The monoisotopic (exact) mass is 420 g/mol. The fourth-order valence-electron chi connectivity index (χ4n) is 2.90. The lowest BCUT2D eigenvalue weighted by atomic mass is 10.2. The van der Waals surface area contributed by atoms with E-state index in [0.717, 1.165) is 11.4 Å². The Bertz CT molecular complexity index is 1280. The maximum Gasteiger partial charge on any atom is 0.258 e. The van der Waals surface area contributed by atoms with Crippen molar-refractivity contribution in [1.82, 2.24) is 14.5 Å². The Morgan fingerprint density at radius 1 is 1.07 bits per heavy atom. The number of aromatic nitrogens is 3. The second-order valence-electron chi connectivity index (χ2n) is 6.63. The molecule has 0 atom stereocenters. The van der Waals surface area contributed by atoms with Crippen LogP contribution in [0.2, 0.25) is 0 Å². The van der Waals surface area contributed by atoms with Crippen LogP contribution >= 0.6 is 11.3 Å². The first-order valence-electron chi connectivity index (χ1n) is 9.14. The third kappa shape index (κ3) is 4.33. The highest BCUT2D eigenvalue weighted by Gasteiger charge is 2.13. The third-order valence-electron chi connectivity index (χ3n) is 4.42. The van der Waals surface area contributed by atoms with Gasteiger partial charge < -0.3 is 4.57 Å². The number of hydrogen-bond acceptors (Lipinski definition) is 5. The molecule has 0 bridgehead atoms. The highest BCUT2D eigenvalue weighted by atomic mass is 32.1. The molecule has 1 aromatic carbocycles. The van der Waals surface area contributed by atoms with Crippen molar-refractivity contribution in [3.63, 3.8) is 0 Å². The van der Waals surface area contributed by atoms with Crippen LogP contribution in [0.15, 0.2) is 71.0 Å². The lowest BCUT2D eigenvalue weighted by Gasteiger charge is -2.09. The molecule has 0 aliphatic heterocycles. The van der Waals surface area contributed by atoms with Crippen LogP contribution in [-0.2, 0) is 6.54 Å². The molecule has 0 aliphatic rings. The van der Waals surface area contributed by atoms with Gasteiger partial charge in [0.2, 0.25) is 0 Å². The fraction of sp³-hybridized carbons (Fsp3) is 0.0909. The summed E-state index contributed by atoms with van der Waals surface area (Å²) in [7, 11) is 0. The van der Waals surface area contributed by atoms with Gasteiger partial charge in [0.15, 0.2) is 5.13 Å². The molecule has 8 heteroatoms. The smallest absolute Gasteiger partial charge is 0.258 e. The first-order chi connectivity index (χ1) is 14.5. The number of benzene rings is 1. The minimum absolute atomic E-state index is 0.0348. The predicted octanol–water partition coefficient (Wildman–Crippen LogP) is 4.11. The standard InChI is InChI=1S/C22H17FN4O2S/c1-14-5-4-8-18(24-14)19-13-30-22(25-19)26-21(29)16-9-10-20(28)27(12-16)11-15-6-2-3-7-17(15)23/h2-10,12-13H,11H2,1H3,(H,25,26,29). The molecule has 0 unspecified atom stereocenters. The van der Waals surface area contributed by atoms with Gasteiger partial charge in [-0.2, -0.15) is 0 Å². The van der Waals surface area contributed by atoms with Crippen LogP contribution in [0, 0.1) is 12.7 Å². The van der Waals surface area contributed by atoms with E-state index in [0.29, 0.717) is 16.4 Å². The zero-order chi connectivity index (χ0) is 21.1. The summed E-state index contributed by atoms with van der Waals surface area (Å²) in [6.45, 7) is 1.93. The number of carbonyl (C=O) groups excluding carboxylic acids is 1. The second kappa shape index (κ2) is 8.38. The molecule has 3 heterocycles. The SMILES string of the molecule is Cc1cccc(-c2csc(NC(=O)c3ccc(=O)n(Cc4ccccc4F)c3)n2)n1. The van der Waals surface area contributed by atoms with E-state index < -0.39 is 11.7 Å². The van der Waals surface area contributed by atoms with Crippen LogP contribution in [0.1, 0.15) is 21.6 Å². The van der Waals surface area contributed by atoms with Gasteiger partial charge >= 0.3 is 0 Å². The molecule has 4 rings (SSSR count). The molecule has 150 valence electrons. The third-order valence-corrected chi connectivity index (χ3v) is 5.18. The highest BCUT2D eigenvalue weighted by Crippen LogP contribution is 2.24. The Morgan fingerprint density at radius 2 is 1.90 bits per heavy atom. The number of anilines is 1. The summed E-state index contributed by atoms with van der Waals surface area (Å²) in [5.41, 5.74) is 2.59. The van der Waals surface area contributed by atoms with Gasteiger partial charge in [-0.3, -0.25) is 19.9 Å². The topological polar surface area (TPSA) is 76.9 Å². The molecule has 0 radical (unpaired) electrons. The van der Waals surface area contributed by atoms with Crippen molar-refractivity contribution in [3.8, 4) is 11.4 Å². The number of rotatable bonds is 5. The van der Waals surface area contributed by atoms with Crippen molar-refractivity contribution in [1.29, 1.82) is 0 Å². The van der Waals surface area contributed by atoms with E-state index in [1.165, 1.54) is 40.3 Å². The molecule has 30 heavy (non-hydrogen) atoms. The van der Waals surface area contributed by atoms with Crippen LogP contribution in [0.25, 0.3) is 11.4 Å². The zero-order valence-electron chi connectivity index (χ0n) is 16.0. The number of halogens is 1. The minimum Gasteiger partial charge on any atom is -0.310 e. The van der Waals surface area contributed by atoms with Gasteiger partial charge in [-0.25, -0.2) is 9.37 Å². The molecule has 0 saturated carbocycles. The van der Waals surface area contributed by atoms with E-state index in [1.54, 1.807) is 18.2 Å². The average molecular weight is 420 g/mol. The first-order valence-corrected chi connectivity index (χ1v) is 10.0. The summed E-state index contributed by atoms with van der Waals surface area (Å²) in [5.74, 6) is -0.810. The summed E-state index contributed by atoms with van der Waals surface area (Å²) in [5, 5.41) is 4.97. The van der Waals surface area contributed by atoms with E-state index in [2.05, 4.69) is 15.3 Å². The summed E-state index contributed by atoms with van der Waals surface area (Å²) < 4.78 is 15.2. The normalized spacial score (nSPS) is 10.7. The van der Waals surface area contributed by atoms with Crippen molar-refractivity contribution in [3.05, 3.63) is 99.2 Å². The number of hydrogen-bond donors (Lipinski definition) is 1. The Morgan fingerprint density at radius 3 is 2.70 bits per heavy atom. The zero-order valence-corrected chi connectivity index (χ0v) is 16.8. The summed E-state index contributed by atoms with van der Waals surface area (Å²) in [6.07, 6.45) is 1.42. The Labute approximate surface area is 175 Å². The van der Waals surface area contributed by atoms with Gasteiger partial charge in [-0.15, -0.1) is 11.3 Å². The van der Waals surface area contributed by atoms with E-state index >= 15 is 0 Å². The highest BCUT2D eigenvalue weighted by molar-refractivity contribution is 7.14. The fourth-order valence-corrected chi connectivity index (χ4v) is 3.60. The number of carbonyl (C=O) groups is 1. The number of nitrogens with one attached hydrogen (secondary N) is 1. The number of thiazole rings is 1. The van der Waals surface area contributed by atoms with E-state index in [4.69, 9.17) is 0 Å². The second-order valence-corrected chi connectivity index (χ2v) is 7.49. The van der Waals surface area contributed by atoms with E-state index in [9.17, 15) is 14.0 Å². The minimum atomic E-state index is -0.407. The summed E-state index contributed by atoms with van der Waals surface area (Å²) in [4.78, 5) is 33.6. The predicted molar refractivity (Wildman–Crippen MR) is 114 cm³/mol. The van der Waals surface area contributed by atoms with Crippen LogP contribution < -0.4 is 10.9 Å². The molecule has 0 spiro atoms. The van der Waals surface area contributed by atoms with Gasteiger partial charge in [0.25, 0.3) is 11.5 Å². The Kier molecular flexibility index (Phi) is 5.49. The van der Waals surface area contributed by atoms with Crippen LogP contribution in [0.3, 0.4) is 0 Å².